The molecule has 0 aliphatic carbocycles. The van der Waals surface area contributed by atoms with Crippen molar-refractivity contribution in [2.45, 2.75) is 0 Å². The van der Waals surface area contributed by atoms with Crippen LogP contribution >= 0.6 is 0 Å². The third kappa shape index (κ3) is 2.51. The molecule has 64 valence electrons. The third-order valence-electron chi connectivity index (χ3n) is 1.49. The predicted octanol–water partition coefficient (Wildman–Crippen LogP) is 0.132. The molecule has 13 heavy (non-hydrogen) atoms. The van der Waals surface area contributed by atoms with E-state index in [4.69, 9.17) is 0 Å². The van der Waals surface area contributed by atoms with Crippen LogP contribution in [0.2, 0.25) is 0 Å². The summed E-state index contributed by atoms with van der Waals surface area (Å²) < 4.78 is 2.53. The van der Waals surface area contributed by atoms with Crippen LogP contribution < -0.4 is 7.35 Å². The standard InChI is InChI=1S/C10H8N2Te/c1-2-7-12-10(5-1)13-9-4-3-6-11-8-9/h1-8H. The van der Waals surface area contributed by atoms with Gasteiger partial charge in [0.25, 0.3) is 0 Å². The van der Waals surface area contributed by atoms with Gasteiger partial charge in [-0.3, -0.25) is 0 Å². The molecule has 0 amide bonds. The van der Waals surface area contributed by atoms with E-state index in [9.17, 15) is 0 Å². The Morgan fingerprint density at radius 1 is 1.00 bits per heavy atom. The Morgan fingerprint density at radius 3 is 2.69 bits per heavy atom. The maximum absolute atomic E-state index is 4.30. The Balaban J connectivity index is 2.16. The molecule has 0 aromatic carbocycles. The van der Waals surface area contributed by atoms with Gasteiger partial charge >= 0.3 is 87.2 Å². The molecular weight excluding hydrogens is 276 g/mol. The zero-order valence-electron chi connectivity index (χ0n) is 6.92. The van der Waals surface area contributed by atoms with E-state index in [-0.39, 0.29) is 20.9 Å². The summed E-state index contributed by atoms with van der Waals surface area (Å²) in [5.41, 5.74) is 0. The summed E-state index contributed by atoms with van der Waals surface area (Å²) >= 11 is -0.327. The molecule has 2 nitrogen and oxygen atoms in total. The number of hydrogen-bond acceptors (Lipinski definition) is 2. The van der Waals surface area contributed by atoms with Gasteiger partial charge in [0.2, 0.25) is 0 Å². The van der Waals surface area contributed by atoms with E-state index in [0.717, 1.165) is 0 Å². The first-order valence-electron chi connectivity index (χ1n) is 3.94. The molecule has 0 unspecified atom stereocenters. The molecular formula is C10H8N2Te. The SMILES string of the molecule is c1ccc([Te]c2cccnc2)nc1. The van der Waals surface area contributed by atoms with Crippen LogP contribution in [0.15, 0.2) is 48.9 Å². The molecule has 0 aliphatic rings. The fraction of sp³-hybridized carbons (Fsp3) is 0. The van der Waals surface area contributed by atoms with Crippen molar-refractivity contribution in [3.8, 4) is 0 Å². The topological polar surface area (TPSA) is 25.8 Å². The van der Waals surface area contributed by atoms with Gasteiger partial charge < -0.3 is 0 Å². The van der Waals surface area contributed by atoms with Gasteiger partial charge in [-0.15, -0.1) is 0 Å². The first kappa shape index (κ1) is 8.68. The zero-order chi connectivity index (χ0) is 8.93. The first-order valence-corrected chi connectivity index (χ1v) is 6.27. The maximum atomic E-state index is 4.30. The van der Waals surface area contributed by atoms with E-state index in [1.165, 1.54) is 7.35 Å². The molecule has 0 atom stereocenters. The zero-order valence-corrected chi connectivity index (χ0v) is 9.25. The van der Waals surface area contributed by atoms with Crippen LogP contribution in [0.4, 0.5) is 0 Å². The number of pyridine rings is 2. The van der Waals surface area contributed by atoms with Crippen LogP contribution in [-0.4, -0.2) is 30.9 Å². The van der Waals surface area contributed by atoms with E-state index < -0.39 is 0 Å². The molecule has 3 heteroatoms. The quantitative estimate of drug-likeness (QED) is 0.733. The van der Waals surface area contributed by atoms with Crippen molar-refractivity contribution in [2.75, 3.05) is 0 Å². The molecule has 0 saturated heterocycles. The van der Waals surface area contributed by atoms with Crippen molar-refractivity contribution < 1.29 is 0 Å². The van der Waals surface area contributed by atoms with Crippen molar-refractivity contribution in [3.05, 3.63) is 48.9 Å². The van der Waals surface area contributed by atoms with Gasteiger partial charge in [0.1, 0.15) is 0 Å². The minimum absolute atomic E-state index is 0.327. The van der Waals surface area contributed by atoms with E-state index in [2.05, 4.69) is 22.1 Å². The summed E-state index contributed by atoms with van der Waals surface area (Å²) in [5.74, 6) is 0. The molecule has 2 aromatic rings. The van der Waals surface area contributed by atoms with Gasteiger partial charge in [-0.1, -0.05) is 0 Å². The van der Waals surface area contributed by atoms with Gasteiger partial charge in [-0.2, -0.15) is 0 Å². The fourth-order valence-corrected chi connectivity index (χ4v) is 3.11. The van der Waals surface area contributed by atoms with Crippen molar-refractivity contribution >= 4 is 28.3 Å². The Morgan fingerprint density at radius 2 is 2.00 bits per heavy atom. The Kier molecular flexibility index (Phi) is 2.91. The summed E-state index contributed by atoms with van der Waals surface area (Å²) in [6.07, 6.45) is 5.57. The average molecular weight is 284 g/mol. The van der Waals surface area contributed by atoms with Crippen molar-refractivity contribution in [3.63, 3.8) is 0 Å². The molecule has 0 saturated carbocycles. The molecule has 2 aromatic heterocycles. The van der Waals surface area contributed by atoms with Gasteiger partial charge in [0.05, 0.1) is 0 Å². The van der Waals surface area contributed by atoms with Crippen LogP contribution in [0.5, 0.6) is 0 Å². The van der Waals surface area contributed by atoms with E-state index in [1.807, 2.05) is 30.6 Å². The number of aromatic nitrogens is 2. The van der Waals surface area contributed by atoms with Crippen LogP contribution in [0.3, 0.4) is 0 Å². The van der Waals surface area contributed by atoms with Crippen LogP contribution in [0, 0.1) is 0 Å². The minimum atomic E-state index is -0.327. The van der Waals surface area contributed by atoms with E-state index in [0.29, 0.717) is 0 Å². The Labute approximate surface area is 87.1 Å². The Hall–Kier alpha value is -0.910. The second-order valence-corrected chi connectivity index (χ2v) is 5.58. The van der Waals surface area contributed by atoms with Gasteiger partial charge in [-0.05, 0) is 0 Å². The van der Waals surface area contributed by atoms with Crippen molar-refractivity contribution in [1.82, 2.24) is 9.97 Å². The number of nitrogens with zero attached hydrogens (tertiary/aromatic N) is 2. The molecule has 0 aliphatic heterocycles. The van der Waals surface area contributed by atoms with Crippen LogP contribution in [0.25, 0.3) is 0 Å². The van der Waals surface area contributed by atoms with Crippen molar-refractivity contribution in [1.29, 1.82) is 0 Å². The average Bonchev–Trinajstić information content (AvgIpc) is 2.21. The monoisotopic (exact) mass is 286 g/mol. The summed E-state index contributed by atoms with van der Waals surface area (Å²) in [6, 6.07) is 10.1. The second kappa shape index (κ2) is 4.36. The summed E-state index contributed by atoms with van der Waals surface area (Å²) in [7, 11) is 0. The molecule has 2 rings (SSSR count). The van der Waals surface area contributed by atoms with E-state index >= 15 is 0 Å². The second-order valence-electron chi connectivity index (χ2n) is 2.46. The Bertz CT molecular complexity index is 324. The summed E-state index contributed by atoms with van der Waals surface area (Å²) in [4.78, 5) is 8.39. The number of hydrogen-bond donors (Lipinski definition) is 0. The van der Waals surface area contributed by atoms with Gasteiger partial charge in [-0.25, -0.2) is 0 Å². The van der Waals surface area contributed by atoms with Crippen molar-refractivity contribution in [2.24, 2.45) is 0 Å². The molecule has 0 N–H and O–H groups in total. The van der Waals surface area contributed by atoms with Crippen LogP contribution in [-0.2, 0) is 0 Å². The number of rotatable bonds is 2. The van der Waals surface area contributed by atoms with Gasteiger partial charge in [0, 0.05) is 0 Å². The van der Waals surface area contributed by atoms with E-state index in [1.54, 1.807) is 6.20 Å². The first-order chi connectivity index (χ1) is 6.45. The molecule has 0 radical (unpaired) electrons. The molecule has 0 spiro atoms. The summed E-state index contributed by atoms with van der Waals surface area (Å²) in [5, 5.41) is 0. The van der Waals surface area contributed by atoms with Gasteiger partial charge in [0.15, 0.2) is 0 Å². The van der Waals surface area contributed by atoms with Crippen LogP contribution in [0.1, 0.15) is 0 Å². The fourth-order valence-electron chi connectivity index (χ4n) is 0.936. The molecule has 0 fully saturated rings. The summed E-state index contributed by atoms with van der Waals surface area (Å²) in [6.45, 7) is 0. The predicted molar refractivity (Wildman–Crippen MR) is 53.5 cm³/mol. The molecule has 2 heterocycles. The molecule has 0 bridgehead atoms. The third-order valence-corrected chi connectivity index (χ3v) is 4.14. The normalized spacial score (nSPS) is 9.85.